The van der Waals surface area contributed by atoms with Crippen LogP contribution in [0.1, 0.15) is 23.6 Å². The first-order chi connectivity index (χ1) is 16.1. The van der Waals surface area contributed by atoms with Gasteiger partial charge in [0.15, 0.2) is 0 Å². The van der Waals surface area contributed by atoms with Crippen LogP contribution in [0.2, 0.25) is 0 Å². The number of benzene rings is 3. The lowest BCUT2D eigenvalue weighted by Gasteiger charge is -2.23. The van der Waals surface area contributed by atoms with E-state index in [1.165, 1.54) is 6.92 Å². The minimum atomic E-state index is -4.30. The van der Waals surface area contributed by atoms with Gasteiger partial charge in [0, 0.05) is 31.3 Å². The summed E-state index contributed by atoms with van der Waals surface area (Å²) in [7, 11) is -4.30. The molecule has 1 heterocycles. The minimum absolute atomic E-state index is 0.0226. The van der Waals surface area contributed by atoms with Crippen molar-refractivity contribution >= 4 is 21.6 Å². The lowest BCUT2D eigenvalue weighted by molar-refractivity contribution is -0.116. The number of ether oxygens (including phenoxy) is 1. The van der Waals surface area contributed by atoms with Gasteiger partial charge in [-0.05, 0) is 55.0 Å². The van der Waals surface area contributed by atoms with E-state index in [1.807, 2.05) is 37.3 Å². The minimum Gasteiger partial charge on any atom is -0.492 e. The average Bonchev–Trinajstić information content (AvgIpc) is 3.02. The molecule has 1 amide bonds. The van der Waals surface area contributed by atoms with Crippen LogP contribution < -0.4 is 9.64 Å². The van der Waals surface area contributed by atoms with E-state index in [2.05, 4.69) is 0 Å². The van der Waals surface area contributed by atoms with E-state index in [0.29, 0.717) is 17.4 Å². The van der Waals surface area contributed by atoms with Gasteiger partial charge in [0.25, 0.3) is 0 Å². The first kappa shape index (κ1) is 23.8. The lowest BCUT2D eigenvalue weighted by Crippen LogP contribution is -2.33. The number of carbonyl (C=O) groups excluding carboxylic acids is 1. The highest BCUT2D eigenvalue weighted by Gasteiger charge is 2.30. The van der Waals surface area contributed by atoms with Crippen molar-refractivity contribution in [1.82, 2.24) is 4.31 Å². The normalized spacial score (nSPS) is 14.1. The quantitative estimate of drug-likeness (QED) is 0.536. The average molecular weight is 487 g/mol. The van der Waals surface area contributed by atoms with Gasteiger partial charge in [-0.1, -0.05) is 23.8 Å². The fourth-order valence-corrected chi connectivity index (χ4v) is 5.31. The van der Waals surface area contributed by atoms with Crippen molar-refractivity contribution in [3.05, 3.63) is 89.0 Å². The molecule has 0 saturated heterocycles. The molecule has 178 valence electrons. The van der Waals surface area contributed by atoms with Gasteiger partial charge >= 0.3 is 0 Å². The van der Waals surface area contributed by atoms with Crippen LogP contribution in [0.4, 0.5) is 14.5 Å². The number of anilines is 1. The zero-order valence-corrected chi connectivity index (χ0v) is 19.6. The highest BCUT2D eigenvalue weighted by molar-refractivity contribution is 7.89. The van der Waals surface area contributed by atoms with Crippen LogP contribution in [0.15, 0.2) is 65.6 Å². The Morgan fingerprint density at radius 1 is 1.06 bits per heavy atom. The number of sulfonamides is 1. The number of amides is 1. The monoisotopic (exact) mass is 486 g/mol. The van der Waals surface area contributed by atoms with Crippen molar-refractivity contribution in [2.75, 3.05) is 18.1 Å². The maximum atomic E-state index is 14.2. The number of hydrogen-bond acceptors (Lipinski definition) is 4. The molecular formula is C25H24F2N2O4S. The Morgan fingerprint density at radius 2 is 1.79 bits per heavy atom. The third kappa shape index (κ3) is 4.95. The van der Waals surface area contributed by atoms with Crippen LogP contribution in [-0.4, -0.2) is 31.8 Å². The Morgan fingerprint density at radius 3 is 2.50 bits per heavy atom. The van der Waals surface area contributed by atoms with Crippen LogP contribution in [0, 0.1) is 18.6 Å². The van der Waals surface area contributed by atoms with Gasteiger partial charge in [-0.3, -0.25) is 4.79 Å². The summed E-state index contributed by atoms with van der Waals surface area (Å²) >= 11 is 0. The van der Waals surface area contributed by atoms with Gasteiger partial charge in [-0.2, -0.15) is 4.31 Å². The number of aryl methyl sites for hydroxylation is 1. The van der Waals surface area contributed by atoms with E-state index in [1.54, 1.807) is 17.0 Å². The van der Waals surface area contributed by atoms with Crippen LogP contribution in [-0.2, 0) is 27.9 Å². The van der Waals surface area contributed by atoms with Gasteiger partial charge < -0.3 is 9.64 Å². The number of halogens is 2. The summed E-state index contributed by atoms with van der Waals surface area (Å²) in [4.78, 5) is 13.2. The molecule has 0 spiro atoms. The van der Waals surface area contributed by atoms with E-state index in [0.717, 1.165) is 33.3 Å². The molecule has 6 nitrogen and oxygen atoms in total. The van der Waals surface area contributed by atoms with Gasteiger partial charge in [0.2, 0.25) is 15.9 Å². The summed E-state index contributed by atoms with van der Waals surface area (Å²) in [6, 6.07) is 15.2. The lowest BCUT2D eigenvalue weighted by atomic mass is 10.1. The second-order valence-electron chi connectivity index (χ2n) is 8.14. The van der Waals surface area contributed by atoms with E-state index >= 15 is 0 Å². The molecule has 34 heavy (non-hydrogen) atoms. The van der Waals surface area contributed by atoms with E-state index < -0.39 is 26.6 Å². The predicted octanol–water partition coefficient (Wildman–Crippen LogP) is 4.41. The third-order valence-electron chi connectivity index (χ3n) is 5.65. The first-order valence-electron chi connectivity index (χ1n) is 10.7. The SMILES string of the molecule is CC(=O)N(Cc1ccc2c(c1)CN(S(=O)(=O)c1cc(F)ccc1F)CCO2)c1ccc(C)cc1. The predicted molar refractivity (Wildman–Crippen MR) is 124 cm³/mol. The molecule has 0 fully saturated rings. The number of carbonyl (C=O) groups is 1. The molecule has 0 N–H and O–H groups in total. The number of fused-ring (bicyclic) bond motifs is 1. The highest BCUT2D eigenvalue weighted by atomic mass is 32.2. The molecule has 0 bridgehead atoms. The van der Waals surface area contributed by atoms with Crippen LogP contribution >= 0.6 is 0 Å². The molecule has 9 heteroatoms. The smallest absolute Gasteiger partial charge is 0.246 e. The van der Waals surface area contributed by atoms with Crippen LogP contribution in [0.5, 0.6) is 5.75 Å². The topological polar surface area (TPSA) is 66.9 Å². The Hall–Kier alpha value is -3.30. The molecule has 1 aliphatic rings. The van der Waals surface area contributed by atoms with Crippen molar-refractivity contribution in [3.63, 3.8) is 0 Å². The Kier molecular flexibility index (Phi) is 6.67. The van der Waals surface area contributed by atoms with Crippen LogP contribution in [0.25, 0.3) is 0 Å². The number of hydrogen-bond donors (Lipinski definition) is 0. The fraction of sp³-hybridized carbons (Fsp3) is 0.240. The molecule has 3 aromatic carbocycles. The van der Waals surface area contributed by atoms with E-state index in [4.69, 9.17) is 4.74 Å². The number of nitrogens with zero attached hydrogens (tertiary/aromatic N) is 2. The molecule has 0 saturated carbocycles. The van der Waals surface area contributed by atoms with Gasteiger partial charge in [0.1, 0.15) is 28.9 Å². The first-order valence-corrected chi connectivity index (χ1v) is 12.1. The molecule has 3 aromatic rings. The van der Waals surface area contributed by atoms with Crippen molar-refractivity contribution in [1.29, 1.82) is 0 Å². The number of rotatable bonds is 5. The van der Waals surface area contributed by atoms with Crippen molar-refractivity contribution in [3.8, 4) is 5.75 Å². The maximum absolute atomic E-state index is 14.2. The highest BCUT2D eigenvalue weighted by Crippen LogP contribution is 2.30. The molecule has 0 atom stereocenters. The molecule has 4 rings (SSSR count). The molecular weight excluding hydrogens is 462 g/mol. The van der Waals surface area contributed by atoms with Crippen molar-refractivity contribution in [2.24, 2.45) is 0 Å². The largest absolute Gasteiger partial charge is 0.492 e. The Bertz CT molecular complexity index is 1330. The standard InChI is InChI=1S/C25H24F2N2O4S/c1-17-3-7-22(8-4-17)29(18(2)30)15-19-5-10-24-20(13-19)16-28(11-12-33-24)34(31,32)25-14-21(26)6-9-23(25)27/h3-10,13-14H,11-12,15-16H2,1-2H3. The molecule has 0 unspecified atom stereocenters. The van der Waals surface area contributed by atoms with Crippen LogP contribution in [0.3, 0.4) is 0 Å². The summed E-state index contributed by atoms with van der Waals surface area (Å²) in [6.45, 7) is 3.68. The second kappa shape index (κ2) is 9.52. The summed E-state index contributed by atoms with van der Waals surface area (Å²) in [5.41, 5.74) is 3.16. The zero-order valence-electron chi connectivity index (χ0n) is 18.8. The zero-order chi connectivity index (χ0) is 24.5. The van der Waals surface area contributed by atoms with Crippen molar-refractivity contribution < 1.29 is 26.7 Å². The van der Waals surface area contributed by atoms with E-state index in [9.17, 15) is 22.0 Å². The molecule has 0 radical (unpaired) electrons. The summed E-state index contributed by atoms with van der Waals surface area (Å²) in [5, 5.41) is 0. The molecule has 1 aliphatic heterocycles. The Labute approximate surface area is 197 Å². The van der Waals surface area contributed by atoms with Gasteiger partial charge in [0.05, 0.1) is 6.54 Å². The Balaban J connectivity index is 1.63. The summed E-state index contributed by atoms with van der Waals surface area (Å²) in [5.74, 6) is -1.49. The van der Waals surface area contributed by atoms with Gasteiger partial charge in [-0.15, -0.1) is 0 Å². The third-order valence-corrected chi connectivity index (χ3v) is 7.51. The van der Waals surface area contributed by atoms with E-state index in [-0.39, 0.29) is 32.1 Å². The fourth-order valence-electron chi connectivity index (χ4n) is 3.83. The summed E-state index contributed by atoms with van der Waals surface area (Å²) < 4.78 is 60.9. The molecule has 0 aromatic heterocycles. The molecule has 0 aliphatic carbocycles. The van der Waals surface area contributed by atoms with Gasteiger partial charge in [-0.25, -0.2) is 17.2 Å². The maximum Gasteiger partial charge on any atom is 0.246 e. The second-order valence-corrected chi connectivity index (χ2v) is 10.1. The van der Waals surface area contributed by atoms with Crippen molar-refractivity contribution in [2.45, 2.75) is 31.8 Å². The summed E-state index contributed by atoms with van der Waals surface area (Å²) in [6.07, 6.45) is 0.